The third-order valence-corrected chi connectivity index (χ3v) is 2.28. The molecule has 0 spiro atoms. The Balaban J connectivity index is 2.75. The summed E-state index contributed by atoms with van der Waals surface area (Å²) in [6.07, 6.45) is -4.71. The van der Waals surface area contributed by atoms with Gasteiger partial charge in [0, 0.05) is 13.1 Å². The molecule has 0 aromatic carbocycles. The molecule has 1 rings (SSSR count). The van der Waals surface area contributed by atoms with Crippen molar-refractivity contribution in [3.8, 4) is 0 Å². The number of urea groups is 1. The summed E-state index contributed by atoms with van der Waals surface area (Å²) >= 11 is 0. The van der Waals surface area contributed by atoms with Gasteiger partial charge in [0.1, 0.15) is 19.6 Å². The topological polar surface area (TPSA) is 89.9 Å². The molecule has 0 aliphatic carbocycles. The van der Waals surface area contributed by atoms with E-state index in [1.165, 1.54) is 0 Å². The van der Waals surface area contributed by atoms with Gasteiger partial charge in [0.05, 0.1) is 0 Å². The second-order valence-electron chi connectivity index (χ2n) is 3.92. The molecule has 1 aliphatic heterocycles. The quantitative estimate of drug-likeness (QED) is 0.729. The summed E-state index contributed by atoms with van der Waals surface area (Å²) in [4.78, 5) is 34.3. The van der Waals surface area contributed by atoms with Gasteiger partial charge in [0.25, 0.3) is 0 Å². The Kier molecular flexibility index (Phi) is 4.57. The zero-order chi connectivity index (χ0) is 14.6. The van der Waals surface area contributed by atoms with Crippen LogP contribution in [0.25, 0.3) is 0 Å². The largest absolute Gasteiger partial charge is 0.480 e. The van der Waals surface area contributed by atoms with Gasteiger partial charge in [0.2, 0.25) is 5.91 Å². The highest BCUT2D eigenvalue weighted by Crippen LogP contribution is 2.17. The first-order valence-corrected chi connectivity index (χ1v) is 5.28. The number of halogens is 3. The molecule has 0 bridgehead atoms. The molecule has 1 aliphatic rings. The second-order valence-corrected chi connectivity index (χ2v) is 3.92. The Hall–Kier alpha value is -2.00. The fourth-order valence-electron chi connectivity index (χ4n) is 1.57. The maximum Gasteiger partial charge on any atom is 0.406 e. The van der Waals surface area contributed by atoms with Gasteiger partial charge in [-0.05, 0) is 0 Å². The van der Waals surface area contributed by atoms with Crippen molar-refractivity contribution in [1.29, 1.82) is 0 Å². The second kappa shape index (κ2) is 5.76. The first-order valence-electron chi connectivity index (χ1n) is 5.28. The molecule has 0 saturated carbocycles. The van der Waals surface area contributed by atoms with Crippen molar-refractivity contribution in [2.45, 2.75) is 6.18 Å². The lowest BCUT2D eigenvalue weighted by Gasteiger charge is -2.32. The van der Waals surface area contributed by atoms with E-state index >= 15 is 0 Å². The van der Waals surface area contributed by atoms with Gasteiger partial charge in [-0.15, -0.1) is 0 Å². The molecule has 1 fully saturated rings. The van der Waals surface area contributed by atoms with Gasteiger partial charge < -0.3 is 20.2 Å². The Bertz CT molecular complexity index is 385. The van der Waals surface area contributed by atoms with Crippen LogP contribution in [0.15, 0.2) is 0 Å². The lowest BCUT2D eigenvalue weighted by molar-refractivity contribution is -0.149. The van der Waals surface area contributed by atoms with Crippen molar-refractivity contribution in [2.75, 3.05) is 32.7 Å². The first-order chi connectivity index (χ1) is 8.69. The van der Waals surface area contributed by atoms with Crippen LogP contribution in [0.4, 0.5) is 18.0 Å². The number of carbonyl (C=O) groups is 3. The van der Waals surface area contributed by atoms with Crippen molar-refractivity contribution in [1.82, 2.24) is 15.1 Å². The highest BCUT2D eigenvalue weighted by molar-refractivity contribution is 5.86. The molecule has 19 heavy (non-hydrogen) atoms. The van der Waals surface area contributed by atoms with Crippen molar-refractivity contribution in [2.24, 2.45) is 0 Å². The number of aliphatic carboxylic acids is 1. The molecule has 1 heterocycles. The average Bonchev–Trinajstić information content (AvgIpc) is 2.24. The van der Waals surface area contributed by atoms with Crippen LogP contribution in [0.5, 0.6) is 0 Å². The number of amides is 3. The summed E-state index contributed by atoms with van der Waals surface area (Å²) in [5.41, 5.74) is 0. The summed E-state index contributed by atoms with van der Waals surface area (Å²) in [7, 11) is 0. The Morgan fingerprint density at radius 1 is 1.42 bits per heavy atom. The molecule has 1 saturated heterocycles. The minimum atomic E-state index is -4.71. The number of carbonyl (C=O) groups excluding carboxylic acids is 2. The van der Waals surface area contributed by atoms with Crippen LogP contribution in [0, 0.1) is 0 Å². The summed E-state index contributed by atoms with van der Waals surface area (Å²) < 4.78 is 36.8. The van der Waals surface area contributed by atoms with E-state index in [2.05, 4.69) is 5.32 Å². The molecular formula is C9H12F3N3O4. The van der Waals surface area contributed by atoms with Crippen LogP contribution >= 0.6 is 0 Å². The van der Waals surface area contributed by atoms with Crippen LogP contribution in [-0.4, -0.2) is 71.7 Å². The van der Waals surface area contributed by atoms with Gasteiger partial charge in [0.15, 0.2) is 0 Å². The zero-order valence-corrected chi connectivity index (χ0v) is 9.74. The van der Waals surface area contributed by atoms with Gasteiger partial charge in [-0.2, -0.15) is 13.2 Å². The fraction of sp³-hybridized carbons (Fsp3) is 0.667. The molecule has 0 radical (unpaired) electrons. The third kappa shape index (κ3) is 5.02. The minimum absolute atomic E-state index is 0.0402. The van der Waals surface area contributed by atoms with E-state index in [1.807, 2.05) is 0 Å². The summed E-state index contributed by atoms with van der Waals surface area (Å²) in [6, 6.07) is -1.12. The predicted molar refractivity (Wildman–Crippen MR) is 55.2 cm³/mol. The van der Waals surface area contributed by atoms with E-state index in [1.54, 1.807) is 0 Å². The number of nitrogens with one attached hydrogen (secondary N) is 1. The smallest absolute Gasteiger partial charge is 0.406 e. The van der Waals surface area contributed by atoms with Crippen molar-refractivity contribution >= 4 is 17.9 Å². The van der Waals surface area contributed by atoms with Gasteiger partial charge >= 0.3 is 18.2 Å². The minimum Gasteiger partial charge on any atom is -0.480 e. The lowest BCUT2D eigenvalue weighted by atomic mass is 10.3. The van der Waals surface area contributed by atoms with Crippen molar-refractivity contribution in [3.63, 3.8) is 0 Å². The zero-order valence-electron chi connectivity index (χ0n) is 9.74. The van der Waals surface area contributed by atoms with E-state index in [0.29, 0.717) is 0 Å². The maximum absolute atomic E-state index is 12.3. The van der Waals surface area contributed by atoms with Crippen LogP contribution in [-0.2, 0) is 9.59 Å². The van der Waals surface area contributed by atoms with Gasteiger partial charge in [-0.1, -0.05) is 0 Å². The molecule has 0 atom stereocenters. The Morgan fingerprint density at radius 3 is 2.53 bits per heavy atom. The Morgan fingerprint density at radius 2 is 2.05 bits per heavy atom. The Labute approximate surface area is 105 Å². The van der Waals surface area contributed by atoms with E-state index < -0.39 is 37.2 Å². The number of carboxylic acid groups (broad SMARTS) is 1. The summed E-state index contributed by atoms with van der Waals surface area (Å²) in [6.45, 7) is -2.96. The lowest BCUT2D eigenvalue weighted by Crippen LogP contribution is -2.56. The van der Waals surface area contributed by atoms with Crippen molar-refractivity contribution in [3.05, 3.63) is 0 Å². The molecular weight excluding hydrogens is 271 g/mol. The van der Waals surface area contributed by atoms with Crippen LogP contribution in [0.3, 0.4) is 0 Å². The van der Waals surface area contributed by atoms with Crippen LogP contribution in [0.2, 0.25) is 0 Å². The molecule has 0 aromatic rings. The molecule has 3 amide bonds. The number of rotatable bonds is 3. The highest BCUT2D eigenvalue weighted by Gasteiger charge is 2.36. The normalized spacial score (nSPS) is 15.9. The number of nitrogens with zero attached hydrogens (tertiary/aromatic N) is 2. The molecule has 7 nitrogen and oxygen atoms in total. The van der Waals surface area contributed by atoms with E-state index in [9.17, 15) is 27.6 Å². The number of carboxylic acids is 1. The molecule has 0 unspecified atom stereocenters. The summed E-state index contributed by atoms with van der Waals surface area (Å²) in [5.74, 6) is -2.05. The number of piperazine rings is 1. The molecule has 108 valence electrons. The number of hydrogen-bond acceptors (Lipinski definition) is 3. The SMILES string of the molecule is O=C(O)CN(CC(F)(F)F)C(=O)N1CCNC(=O)C1. The number of hydrogen-bond donors (Lipinski definition) is 2. The van der Waals surface area contributed by atoms with Crippen LogP contribution < -0.4 is 5.32 Å². The third-order valence-electron chi connectivity index (χ3n) is 2.28. The molecule has 10 heteroatoms. The van der Waals surface area contributed by atoms with Crippen molar-refractivity contribution < 1.29 is 32.7 Å². The maximum atomic E-state index is 12.3. The average molecular weight is 283 g/mol. The van der Waals surface area contributed by atoms with E-state index in [-0.39, 0.29) is 24.5 Å². The number of alkyl halides is 3. The van der Waals surface area contributed by atoms with E-state index in [0.717, 1.165) is 4.90 Å². The van der Waals surface area contributed by atoms with Gasteiger partial charge in [-0.3, -0.25) is 9.59 Å². The summed E-state index contributed by atoms with van der Waals surface area (Å²) in [5, 5.41) is 10.9. The van der Waals surface area contributed by atoms with Gasteiger partial charge in [-0.25, -0.2) is 4.79 Å². The first kappa shape index (κ1) is 15.1. The van der Waals surface area contributed by atoms with E-state index in [4.69, 9.17) is 5.11 Å². The molecule has 2 N–H and O–H groups in total. The standard InChI is InChI=1S/C9H12F3N3O4/c10-9(11,12)5-15(4-7(17)18)8(19)14-2-1-13-6(16)3-14/h1-5H2,(H,13,16)(H,17,18). The predicted octanol–water partition coefficient (Wildman–Crippen LogP) is -0.513. The highest BCUT2D eigenvalue weighted by atomic mass is 19.4. The monoisotopic (exact) mass is 283 g/mol. The molecule has 0 aromatic heterocycles. The fourth-order valence-corrected chi connectivity index (χ4v) is 1.57. The van der Waals surface area contributed by atoms with Crippen LogP contribution in [0.1, 0.15) is 0 Å².